The summed E-state index contributed by atoms with van der Waals surface area (Å²) in [6.45, 7) is 8.21. The number of aromatic nitrogens is 1. The van der Waals surface area contributed by atoms with Crippen LogP contribution in [0.5, 0.6) is 0 Å². The molecule has 1 atom stereocenters. The predicted molar refractivity (Wildman–Crippen MR) is 112 cm³/mol. The fraction of sp³-hybridized carbons (Fsp3) is 0.348. The monoisotopic (exact) mass is 377 g/mol. The Morgan fingerprint density at radius 2 is 1.89 bits per heavy atom. The third-order valence-electron chi connectivity index (χ3n) is 5.62. The van der Waals surface area contributed by atoms with E-state index in [1.165, 1.54) is 5.56 Å². The van der Waals surface area contributed by atoms with Gasteiger partial charge in [0.1, 0.15) is 0 Å². The normalized spacial score (nSPS) is 16.2. The van der Waals surface area contributed by atoms with Crippen LogP contribution >= 0.6 is 0 Å². The van der Waals surface area contributed by atoms with Gasteiger partial charge in [0.2, 0.25) is 0 Å². The predicted octanol–water partition coefficient (Wildman–Crippen LogP) is 3.59. The van der Waals surface area contributed by atoms with E-state index in [0.717, 1.165) is 55.0 Å². The van der Waals surface area contributed by atoms with Gasteiger partial charge in [-0.3, -0.25) is 9.69 Å². The summed E-state index contributed by atoms with van der Waals surface area (Å²) in [7, 11) is 0. The van der Waals surface area contributed by atoms with Crippen LogP contribution in [0.3, 0.4) is 0 Å². The van der Waals surface area contributed by atoms with Gasteiger partial charge in [-0.25, -0.2) is 0 Å². The van der Waals surface area contributed by atoms with E-state index in [4.69, 9.17) is 4.74 Å². The van der Waals surface area contributed by atoms with E-state index in [1.54, 1.807) is 0 Å². The molecule has 1 unspecified atom stereocenters. The Morgan fingerprint density at radius 3 is 2.64 bits per heavy atom. The van der Waals surface area contributed by atoms with Gasteiger partial charge >= 0.3 is 0 Å². The zero-order chi connectivity index (χ0) is 19.5. The number of fused-ring (bicyclic) bond motifs is 1. The maximum atomic E-state index is 13.1. The minimum absolute atomic E-state index is 0.0396. The van der Waals surface area contributed by atoms with Crippen LogP contribution in [-0.2, 0) is 4.74 Å². The van der Waals surface area contributed by atoms with E-state index >= 15 is 0 Å². The second-order valence-electron chi connectivity index (χ2n) is 7.49. The minimum atomic E-state index is -0.0587. The number of aryl methyl sites for hydroxylation is 2. The summed E-state index contributed by atoms with van der Waals surface area (Å²) >= 11 is 0. The van der Waals surface area contributed by atoms with Gasteiger partial charge in [0, 0.05) is 41.8 Å². The summed E-state index contributed by atoms with van der Waals surface area (Å²) in [6.07, 6.45) is 0. The molecule has 2 N–H and O–H groups in total. The van der Waals surface area contributed by atoms with Crippen molar-refractivity contribution in [2.75, 3.05) is 32.8 Å². The summed E-state index contributed by atoms with van der Waals surface area (Å²) in [5, 5.41) is 4.36. The molecule has 4 rings (SSSR count). The number of H-pyrrole nitrogens is 1. The fourth-order valence-electron chi connectivity index (χ4n) is 3.81. The van der Waals surface area contributed by atoms with Crippen LogP contribution in [0.15, 0.2) is 48.5 Å². The highest BCUT2D eigenvalue weighted by atomic mass is 16.5. The van der Waals surface area contributed by atoms with Crippen molar-refractivity contribution in [2.45, 2.75) is 19.9 Å². The summed E-state index contributed by atoms with van der Waals surface area (Å²) in [5.41, 5.74) is 5.22. The molecule has 28 heavy (non-hydrogen) atoms. The number of amides is 1. The Morgan fingerprint density at radius 1 is 1.14 bits per heavy atom. The van der Waals surface area contributed by atoms with E-state index in [1.807, 2.05) is 36.4 Å². The molecule has 1 fully saturated rings. The highest BCUT2D eigenvalue weighted by molar-refractivity contribution is 5.99. The van der Waals surface area contributed by atoms with Gasteiger partial charge < -0.3 is 15.0 Å². The van der Waals surface area contributed by atoms with E-state index in [0.29, 0.717) is 5.56 Å². The summed E-state index contributed by atoms with van der Waals surface area (Å²) in [5.74, 6) is -0.0396. The number of rotatable bonds is 5. The zero-order valence-electron chi connectivity index (χ0n) is 16.5. The van der Waals surface area contributed by atoms with Crippen molar-refractivity contribution in [1.29, 1.82) is 0 Å². The molecular formula is C23H27N3O2. The van der Waals surface area contributed by atoms with Crippen molar-refractivity contribution in [3.05, 3.63) is 70.9 Å². The average Bonchev–Trinajstić information content (AvgIpc) is 3.02. The van der Waals surface area contributed by atoms with E-state index in [-0.39, 0.29) is 11.9 Å². The molecule has 1 aliphatic rings. The summed E-state index contributed by atoms with van der Waals surface area (Å²) in [6, 6.07) is 16.0. The molecule has 5 heteroatoms. The largest absolute Gasteiger partial charge is 0.379 e. The molecule has 0 spiro atoms. The van der Waals surface area contributed by atoms with Crippen LogP contribution in [0, 0.1) is 13.8 Å². The van der Waals surface area contributed by atoms with E-state index < -0.39 is 0 Å². The molecule has 1 aliphatic heterocycles. The van der Waals surface area contributed by atoms with Gasteiger partial charge in [-0.15, -0.1) is 0 Å². The number of hydrogen-bond donors (Lipinski definition) is 2. The molecule has 2 aromatic carbocycles. The molecule has 0 radical (unpaired) electrons. The number of hydrogen-bond acceptors (Lipinski definition) is 3. The number of aromatic amines is 1. The molecule has 3 aromatic rings. The second-order valence-corrected chi connectivity index (χ2v) is 7.49. The van der Waals surface area contributed by atoms with Crippen molar-refractivity contribution >= 4 is 16.8 Å². The second kappa shape index (κ2) is 8.17. The smallest absolute Gasteiger partial charge is 0.251 e. The molecule has 0 aliphatic carbocycles. The minimum Gasteiger partial charge on any atom is -0.379 e. The maximum Gasteiger partial charge on any atom is 0.251 e. The average molecular weight is 377 g/mol. The lowest BCUT2D eigenvalue weighted by atomic mass is 10.0. The Hall–Kier alpha value is -2.63. The van der Waals surface area contributed by atoms with Crippen molar-refractivity contribution in [2.24, 2.45) is 0 Å². The van der Waals surface area contributed by atoms with E-state index in [9.17, 15) is 4.79 Å². The molecule has 1 saturated heterocycles. The van der Waals surface area contributed by atoms with Crippen molar-refractivity contribution in [3.8, 4) is 0 Å². The standard InChI is InChI=1S/C23H27N3O2/c1-16-17(2)24-21-9-8-19(14-20(16)21)23(27)25-22(18-6-4-3-5-7-18)15-26-10-12-28-13-11-26/h3-9,14,22,24H,10-13,15H2,1-2H3,(H,25,27). The Labute approximate surface area is 165 Å². The van der Waals surface area contributed by atoms with Gasteiger partial charge in [0.05, 0.1) is 19.3 Å². The van der Waals surface area contributed by atoms with Crippen LogP contribution in [0.1, 0.15) is 33.2 Å². The maximum absolute atomic E-state index is 13.1. The third kappa shape index (κ3) is 3.96. The molecule has 2 heterocycles. The lowest BCUT2D eigenvalue weighted by molar-refractivity contribution is 0.0332. The highest BCUT2D eigenvalue weighted by Crippen LogP contribution is 2.23. The molecular weight excluding hydrogens is 350 g/mol. The van der Waals surface area contributed by atoms with Crippen LogP contribution in [-0.4, -0.2) is 48.6 Å². The topological polar surface area (TPSA) is 57.4 Å². The first kappa shape index (κ1) is 18.7. The Kier molecular flexibility index (Phi) is 5.46. The summed E-state index contributed by atoms with van der Waals surface area (Å²) < 4.78 is 5.46. The first-order valence-electron chi connectivity index (χ1n) is 9.86. The molecule has 146 valence electrons. The highest BCUT2D eigenvalue weighted by Gasteiger charge is 2.21. The van der Waals surface area contributed by atoms with Crippen LogP contribution in [0.2, 0.25) is 0 Å². The van der Waals surface area contributed by atoms with Crippen molar-refractivity contribution < 1.29 is 9.53 Å². The molecule has 0 saturated carbocycles. The molecule has 1 amide bonds. The zero-order valence-corrected chi connectivity index (χ0v) is 16.5. The van der Waals surface area contributed by atoms with Gasteiger partial charge in [-0.05, 0) is 43.2 Å². The number of carbonyl (C=O) groups excluding carboxylic acids is 1. The quantitative estimate of drug-likeness (QED) is 0.714. The number of carbonyl (C=O) groups is 1. The third-order valence-corrected chi connectivity index (χ3v) is 5.62. The van der Waals surface area contributed by atoms with Crippen molar-refractivity contribution in [3.63, 3.8) is 0 Å². The molecule has 5 nitrogen and oxygen atoms in total. The number of ether oxygens (including phenoxy) is 1. The van der Waals surface area contributed by atoms with Gasteiger partial charge in [0.25, 0.3) is 5.91 Å². The molecule has 0 bridgehead atoms. The van der Waals surface area contributed by atoms with Gasteiger partial charge in [-0.2, -0.15) is 0 Å². The fourth-order valence-corrected chi connectivity index (χ4v) is 3.81. The van der Waals surface area contributed by atoms with E-state index in [2.05, 4.69) is 41.2 Å². The van der Waals surface area contributed by atoms with Gasteiger partial charge in [0.15, 0.2) is 0 Å². The number of nitrogens with one attached hydrogen (secondary N) is 2. The van der Waals surface area contributed by atoms with Crippen LogP contribution < -0.4 is 5.32 Å². The van der Waals surface area contributed by atoms with Crippen LogP contribution in [0.4, 0.5) is 0 Å². The first-order valence-corrected chi connectivity index (χ1v) is 9.86. The Balaban J connectivity index is 1.56. The Bertz CT molecular complexity index is 959. The summed E-state index contributed by atoms with van der Waals surface area (Å²) in [4.78, 5) is 18.8. The molecule has 1 aromatic heterocycles. The number of benzene rings is 2. The van der Waals surface area contributed by atoms with Crippen LogP contribution in [0.25, 0.3) is 10.9 Å². The first-order chi connectivity index (χ1) is 13.6. The number of nitrogens with zero attached hydrogens (tertiary/aromatic N) is 1. The number of morpholine rings is 1. The van der Waals surface area contributed by atoms with Crippen molar-refractivity contribution in [1.82, 2.24) is 15.2 Å². The lowest BCUT2D eigenvalue weighted by Gasteiger charge is -2.31. The van der Waals surface area contributed by atoms with Gasteiger partial charge in [-0.1, -0.05) is 30.3 Å². The lowest BCUT2D eigenvalue weighted by Crippen LogP contribution is -2.43. The SMILES string of the molecule is Cc1[nH]c2ccc(C(=O)NC(CN3CCOCC3)c3ccccc3)cc2c1C.